The van der Waals surface area contributed by atoms with Gasteiger partial charge in [0.25, 0.3) is 0 Å². The molecule has 4 heteroatoms. The van der Waals surface area contributed by atoms with Crippen molar-refractivity contribution in [2.45, 2.75) is 118 Å². The molecule has 0 aromatic heterocycles. The largest absolute Gasteiger partial charge is 0.493 e. The van der Waals surface area contributed by atoms with Gasteiger partial charge < -0.3 is 19.3 Å². The first-order chi connectivity index (χ1) is 20.5. The summed E-state index contributed by atoms with van der Waals surface area (Å²) in [7, 11) is 4.81. The molecule has 0 amide bonds. The molecule has 0 radical (unpaired) electrons. The summed E-state index contributed by atoms with van der Waals surface area (Å²) in [4.78, 5) is 0. The fourth-order valence-electron chi connectivity index (χ4n) is 10.1. The lowest BCUT2D eigenvalue weighted by molar-refractivity contribution is -0.0573. The number of aliphatic hydroxyl groups is 1. The quantitative estimate of drug-likeness (QED) is 0.289. The van der Waals surface area contributed by atoms with Crippen LogP contribution in [0.15, 0.2) is 29.9 Å². The molecule has 0 saturated heterocycles. The Morgan fingerprint density at radius 2 is 1.60 bits per heavy atom. The van der Waals surface area contributed by atoms with Crippen molar-refractivity contribution in [3.63, 3.8) is 0 Å². The van der Waals surface area contributed by atoms with Crippen LogP contribution in [0, 0.1) is 46.3 Å². The normalized spacial score (nSPS) is 33.9. The summed E-state index contributed by atoms with van der Waals surface area (Å²) in [6, 6.07) is 3.81. The van der Waals surface area contributed by atoms with Crippen molar-refractivity contribution < 1.29 is 19.3 Å². The van der Waals surface area contributed by atoms with Gasteiger partial charge in [-0.1, -0.05) is 77.7 Å². The molecule has 3 fully saturated rings. The molecule has 4 nitrogen and oxygen atoms in total. The molecule has 0 spiro atoms. The van der Waals surface area contributed by atoms with Gasteiger partial charge in [0.2, 0.25) is 5.75 Å². The van der Waals surface area contributed by atoms with Gasteiger partial charge in [-0.15, -0.1) is 0 Å². The van der Waals surface area contributed by atoms with Crippen molar-refractivity contribution in [3.05, 3.63) is 35.4 Å². The molecule has 4 aliphatic rings. The third-order valence-electron chi connectivity index (χ3n) is 12.3. The Kier molecular flexibility index (Phi) is 11.4. The Labute approximate surface area is 263 Å². The van der Waals surface area contributed by atoms with E-state index in [-0.39, 0.29) is 6.10 Å². The molecule has 4 aliphatic carbocycles. The predicted octanol–water partition coefficient (Wildman–Crippen LogP) is 10.1. The number of ether oxygens (including phenoxy) is 3. The molecule has 5 rings (SSSR count). The van der Waals surface area contributed by atoms with E-state index in [1.54, 1.807) is 26.9 Å². The number of aliphatic hydroxyl groups excluding tert-OH is 1. The lowest BCUT2D eigenvalue weighted by Gasteiger charge is -2.58. The minimum Gasteiger partial charge on any atom is -0.493 e. The van der Waals surface area contributed by atoms with Gasteiger partial charge in [0.05, 0.1) is 27.4 Å². The summed E-state index contributed by atoms with van der Waals surface area (Å²) in [6.45, 7) is 14.5. The van der Waals surface area contributed by atoms with Crippen LogP contribution in [-0.2, 0) is 0 Å². The molecule has 0 bridgehead atoms. The number of methoxy groups -OCH3 is 3. The Bertz CT molecular complexity index is 1100. The molecule has 0 unspecified atom stereocenters. The topological polar surface area (TPSA) is 47.9 Å². The fourth-order valence-corrected chi connectivity index (χ4v) is 10.1. The first-order valence-electron chi connectivity index (χ1n) is 17.3. The average Bonchev–Trinajstić information content (AvgIpc) is 3.34. The first-order valence-corrected chi connectivity index (χ1v) is 17.3. The van der Waals surface area contributed by atoms with E-state index in [4.69, 9.17) is 14.2 Å². The second-order valence-electron chi connectivity index (χ2n) is 15.1. The molecule has 1 aromatic rings. The molecular formula is C39H62O4. The van der Waals surface area contributed by atoms with Crippen LogP contribution in [0.3, 0.4) is 0 Å². The van der Waals surface area contributed by atoms with E-state index in [0.717, 1.165) is 53.9 Å². The van der Waals surface area contributed by atoms with Crippen molar-refractivity contribution in [2.75, 3.05) is 21.3 Å². The van der Waals surface area contributed by atoms with Crippen LogP contribution in [0.2, 0.25) is 0 Å². The summed E-state index contributed by atoms with van der Waals surface area (Å²) >= 11 is 0. The average molecular weight is 595 g/mol. The van der Waals surface area contributed by atoms with Gasteiger partial charge in [-0.3, -0.25) is 0 Å². The highest BCUT2D eigenvalue weighted by Gasteiger charge is 2.59. The van der Waals surface area contributed by atoms with E-state index >= 15 is 0 Å². The first kappa shape index (κ1) is 33.9. The molecule has 8 atom stereocenters. The molecule has 242 valence electrons. The molecule has 43 heavy (non-hydrogen) atoms. The third-order valence-corrected chi connectivity index (χ3v) is 12.3. The van der Waals surface area contributed by atoms with Crippen LogP contribution in [0.5, 0.6) is 17.2 Å². The molecule has 1 aromatic carbocycles. The molecule has 0 heterocycles. The molecular weight excluding hydrogens is 532 g/mol. The van der Waals surface area contributed by atoms with Crippen LogP contribution in [0.4, 0.5) is 0 Å². The lowest BCUT2D eigenvalue weighted by Crippen LogP contribution is -2.50. The maximum atomic E-state index is 10.2. The summed E-state index contributed by atoms with van der Waals surface area (Å²) in [6.07, 6.45) is 21.1. The maximum Gasteiger partial charge on any atom is 0.203 e. The highest BCUT2D eigenvalue weighted by Crippen LogP contribution is 2.67. The van der Waals surface area contributed by atoms with E-state index in [1.165, 1.54) is 57.8 Å². The summed E-state index contributed by atoms with van der Waals surface area (Å²) in [5.74, 6) is 7.42. The van der Waals surface area contributed by atoms with Crippen LogP contribution in [0.25, 0.3) is 6.08 Å². The number of hydrogen-bond donors (Lipinski definition) is 1. The third kappa shape index (κ3) is 7.00. The Morgan fingerprint density at radius 1 is 0.907 bits per heavy atom. The van der Waals surface area contributed by atoms with Gasteiger partial charge in [0.15, 0.2) is 11.5 Å². The van der Waals surface area contributed by atoms with Crippen molar-refractivity contribution in [1.29, 1.82) is 0 Å². The van der Waals surface area contributed by atoms with Crippen LogP contribution < -0.4 is 14.2 Å². The molecule has 0 aliphatic heterocycles. The SMILES string of the molecule is C/C=C/c1cc(OC)c(OC)c(OC)c1.CC(C)CCC[C@@H](C)[C@H]1CC[C@H]2[C@@H]3CC=C4C[C@@H](O)CC[C@]4(C)[C@H]3CC[C@]12C. The highest BCUT2D eigenvalue weighted by atomic mass is 16.5. The lowest BCUT2D eigenvalue weighted by atomic mass is 9.47. The predicted molar refractivity (Wildman–Crippen MR) is 180 cm³/mol. The van der Waals surface area contributed by atoms with E-state index < -0.39 is 0 Å². The summed E-state index contributed by atoms with van der Waals surface area (Å²) in [5, 5.41) is 10.2. The Balaban J connectivity index is 0.000000239. The highest BCUT2D eigenvalue weighted by molar-refractivity contribution is 5.61. The van der Waals surface area contributed by atoms with Gasteiger partial charge in [-0.05, 0) is 122 Å². The van der Waals surface area contributed by atoms with Crippen molar-refractivity contribution >= 4 is 6.08 Å². The van der Waals surface area contributed by atoms with Gasteiger partial charge in [0, 0.05) is 0 Å². The summed E-state index contributed by atoms with van der Waals surface area (Å²) < 4.78 is 15.7. The number of fused-ring (bicyclic) bond motifs is 5. The second kappa shape index (κ2) is 14.4. The van der Waals surface area contributed by atoms with Gasteiger partial charge in [-0.2, -0.15) is 0 Å². The smallest absolute Gasteiger partial charge is 0.203 e. The van der Waals surface area contributed by atoms with Crippen molar-refractivity contribution in [1.82, 2.24) is 0 Å². The zero-order chi connectivity index (χ0) is 31.4. The fraction of sp³-hybridized carbons (Fsp3) is 0.744. The minimum absolute atomic E-state index is 0.0766. The zero-order valence-corrected chi connectivity index (χ0v) is 28.9. The van der Waals surface area contributed by atoms with Gasteiger partial charge >= 0.3 is 0 Å². The van der Waals surface area contributed by atoms with Crippen molar-refractivity contribution in [3.8, 4) is 17.2 Å². The van der Waals surface area contributed by atoms with Crippen LogP contribution in [-0.4, -0.2) is 32.5 Å². The monoisotopic (exact) mass is 594 g/mol. The maximum absolute atomic E-state index is 10.2. The molecule has 3 saturated carbocycles. The standard InChI is InChI=1S/C27H46O.C12H16O3/c1-18(2)7-6-8-19(3)23-11-12-24-22-10-9-20-17-21(28)13-15-26(20,4)25(22)14-16-27(23,24)5;1-5-6-9-7-10(13-2)12(15-4)11(8-9)14-3/h9,18-19,21-25,28H,6-8,10-17H2,1-5H3;5-8H,1-4H3/b;6-5+/t19-,21+,22+,23-,24+,25+,26+,27-;/m1./s1. The Morgan fingerprint density at radius 3 is 2.21 bits per heavy atom. The van der Waals surface area contributed by atoms with Crippen LogP contribution in [0.1, 0.15) is 118 Å². The molecule has 1 N–H and O–H groups in total. The van der Waals surface area contributed by atoms with E-state index in [1.807, 2.05) is 31.2 Å². The van der Waals surface area contributed by atoms with E-state index in [9.17, 15) is 5.11 Å². The second-order valence-corrected chi connectivity index (χ2v) is 15.1. The number of benzene rings is 1. The van der Waals surface area contributed by atoms with Crippen molar-refractivity contribution in [2.24, 2.45) is 46.3 Å². The summed E-state index contributed by atoms with van der Waals surface area (Å²) in [5.41, 5.74) is 3.62. The van der Waals surface area contributed by atoms with E-state index in [2.05, 4.69) is 40.7 Å². The van der Waals surface area contributed by atoms with Gasteiger partial charge in [0.1, 0.15) is 0 Å². The zero-order valence-electron chi connectivity index (χ0n) is 28.9. The minimum atomic E-state index is -0.0766. The number of allylic oxidation sites excluding steroid dienone is 2. The number of rotatable bonds is 9. The van der Waals surface area contributed by atoms with E-state index in [0.29, 0.717) is 28.1 Å². The number of hydrogen-bond acceptors (Lipinski definition) is 4. The van der Waals surface area contributed by atoms with Gasteiger partial charge in [-0.25, -0.2) is 0 Å². The Hall–Kier alpha value is -1.94. The van der Waals surface area contributed by atoms with Crippen LogP contribution >= 0.6 is 0 Å².